The van der Waals surface area contributed by atoms with Gasteiger partial charge in [0.15, 0.2) is 0 Å². The maximum absolute atomic E-state index is 5.74. The van der Waals surface area contributed by atoms with Crippen molar-refractivity contribution in [3.8, 4) is 0 Å². The highest BCUT2D eigenvalue weighted by Crippen LogP contribution is 2.37. The van der Waals surface area contributed by atoms with Gasteiger partial charge in [0, 0.05) is 25.6 Å². The predicted molar refractivity (Wildman–Crippen MR) is 69.4 cm³/mol. The van der Waals surface area contributed by atoms with Crippen molar-refractivity contribution in [2.45, 2.75) is 51.0 Å². The average Bonchev–Trinajstić information content (AvgIpc) is 2.87. The van der Waals surface area contributed by atoms with Crippen LogP contribution in [0.5, 0.6) is 0 Å². The molecule has 18 heavy (non-hydrogen) atoms. The fourth-order valence-corrected chi connectivity index (χ4v) is 3.45. The van der Waals surface area contributed by atoms with Crippen molar-refractivity contribution in [1.29, 1.82) is 0 Å². The molecule has 0 bridgehead atoms. The van der Waals surface area contributed by atoms with Gasteiger partial charge in [0.25, 0.3) is 0 Å². The normalized spacial score (nSPS) is 28.2. The van der Waals surface area contributed by atoms with E-state index in [0.29, 0.717) is 24.9 Å². The number of nitrogens with two attached hydrogens (primary N) is 1. The van der Waals surface area contributed by atoms with Crippen molar-refractivity contribution < 1.29 is 4.42 Å². The summed E-state index contributed by atoms with van der Waals surface area (Å²) < 4.78 is 5.74. The number of piperidine rings is 1. The Bertz CT molecular complexity index is 390. The molecule has 2 fully saturated rings. The van der Waals surface area contributed by atoms with Gasteiger partial charge >= 0.3 is 6.01 Å². The molecule has 0 aromatic carbocycles. The highest BCUT2D eigenvalue weighted by atomic mass is 16.4. The van der Waals surface area contributed by atoms with E-state index < -0.39 is 0 Å². The molecule has 1 aromatic rings. The van der Waals surface area contributed by atoms with Crippen molar-refractivity contribution in [1.82, 2.24) is 10.2 Å². The van der Waals surface area contributed by atoms with E-state index in [2.05, 4.69) is 15.1 Å². The van der Waals surface area contributed by atoms with Crippen molar-refractivity contribution >= 4 is 6.01 Å². The van der Waals surface area contributed by atoms with E-state index in [1.54, 1.807) is 0 Å². The van der Waals surface area contributed by atoms with Gasteiger partial charge in [0.05, 0.1) is 0 Å². The zero-order valence-corrected chi connectivity index (χ0v) is 10.8. The van der Waals surface area contributed by atoms with E-state index >= 15 is 0 Å². The minimum absolute atomic E-state index is 0.563. The van der Waals surface area contributed by atoms with Crippen LogP contribution >= 0.6 is 0 Å². The zero-order chi connectivity index (χ0) is 12.4. The minimum atomic E-state index is 0.563. The Morgan fingerprint density at radius 2 is 2.00 bits per heavy atom. The third kappa shape index (κ3) is 2.23. The summed E-state index contributed by atoms with van der Waals surface area (Å²) in [5, 5.41) is 8.28. The molecule has 100 valence electrons. The first kappa shape index (κ1) is 12.0. The van der Waals surface area contributed by atoms with Crippen LogP contribution in [0.1, 0.15) is 44.4 Å². The van der Waals surface area contributed by atoms with Gasteiger partial charge in [0.2, 0.25) is 5.89 Å². The number of anilines is 1. The van der Waals surface area contributed by atoms with Crippen molar-refractivity contribution in [3.05, 3.63) is 5.89 Å². The van der Waals surface area contributed by atoms with E-state index in [-0.39, 0.29) is 0 Å². The van der Waals surface area contributed by atoms with Crippen LogP contribution in [0.4, 0.5) is 6.01 Å². The third-order valence-electron chi connectivity index (χ3n) is 4.30. The van der Waals surface area contributed by atoms with Gasteiger partial charge in [-0.15, -0.1) is 5.10 Å². The molecule has 2 aliphatic rings. The summed E-state index contributed by atoms with van der Waals surface area (Å²) in [4.78, 5) is 2.35. The number of aromatic nitrogens is 2. The topological polar surface area (TPSA) is 68.2 Å². The van der Waals surface area contributed by atoms with Crippen molar-refractivity contribution in [3.63, 3.8) is 0 Å². The lowest BCUT2D eigenvalue weighted by Gasteiger charge is -2.43. The standard InChI is InChI=1S/C13H22N4O/c14-8-7-12-15-16-13(18-12)17-9-3-5-10-4-1-2-6-11(10)17/h10-11H,1-9,14H2. The Kier molecular flexibility index (Phi) is 3.50. The first-order valence-electron chi connectivity index (χ1n) is 7.17. The highest BCUT2D eigenvalue weighted by Gasteiger charge is 2.35. The Morgan fingerprint density at radius 1 is 1.17 bits per heavy atom. The number of rotatable bonds is 3. The van der Waals surface area contributed by atoms with Crippen LogP contribution in [0.25, 0.3) is 0 Å². The monoisotopic (exact) mass is 250 g/mol. The molecule has 2 atom stereocenters. The minimum Gasteiger partial charge on any atom is -0.408 e. The van der Waals surface area contributed by atoms with E-state index in [1.807, 2.05) is 0 Å². The summed E-state index contributed by atoms with van der Waals surface area (Å²) in [6, 6.07) is 1.34. The third-order valence-corrected chi connectivity index (χ3v) is 4.30. The van der Waals surface area contributed by atoms with Crippen LogP contribution in [-0.4, -0.2) is 29.3 Å². The summed E-state index contributed by atoms with van der Waals surface area (Å²) in [6.45, 7) is 1.62. The van der Waals surface area contributed by atoms with Crippen LogP contribution < -0.4 is 10.6 Å². The molecule has 1 saturated carbocycles. The van der Waals surface area contributed by atoms with E-state index in [1.165, 1.54) is 38.5 Å². The Balaban J connectivity index is 1.76. The fourth-order valence-electron chi connectivity index (χ4n) is 3.45. The van der Waals surface area contributed by atoms with Gasteiger partial charge in [-0.05, 0) is 31.6 Å². The first-order chi connectivity index (χ1) is 8.88. The van der Waals surface area contributed by atoms with Crippen LogP contribution in [0.2, 0.25) is 0 Å². The maximum Gasteiger partial charge on any atom is 0.318 e. The lowest BCUT2D eigenvalue weighted by Crippen LogP contribution is -2.47. The molecule has 2 N–H and O–H groups in total. The molecule has 0 radical (unpaired) electrons. The Morgan fingerprint density at radius 3 is 2.89 bits per heavy atom. The Hall–Kier alpha value is -1.10. The number of hydrogen-bond donors (Lipinski definition) is 1. The fraction of sp³-hybridized carbons (Fsp3) is 0.846. The zero-order valence-electron chi connectivity index (χ0n) is 10.8. The predicted octanol–water partition coefficient (Wildman–Crippen LogP) is 1.73. The molecule has 1 aliphatic carbocycles. The SMILES string of the molecule is NCCc1nnc(N2CCCC3CCCCC32)o1. The second-order valence-corrected chi connectivity index (χ2v) is 5.46. The van der Waals surface area contributed by atoms with Gasteiger partial charge in [-0.3, -0.25) is 0 Å². The number of hydrogen-bond acceptors (Lipinski definition) is 5. The molecule has 3 rings (SSSR count). The summed E-state index contributed by atoms with van der Waals surface area (Å²) >= 11 is 0. The van der Waals surface area contributed by atoms with Gasteiger partial charge in [0.1, 0.15) is 0 Å². The number of fused-ring (bicyclic) bond motifs is 1. The van der Waals surface area contributed by atoms with Crippen molar-refractivity contribution in [2.75, 3.05) is 18.0 Å². The van der Waals surface area contributed by atoms with Gasteiger partial charge in [-0.2, -0.15) is 0 Å². The van der Waals surface area contributed by atoms with Gasteiger partial charge in [-0.25, -0.2) is 0 Å². The van der Waals surface area contributed by atoms with E-state index in [0.717, 1.165) is 18.5 Å². The molecule has 1 aliphatic heterocycles. The molecule has 2 unspecified atom stereocenters. The van der Waals surface area contributed by atoms with Gasteiger partial charge in [-0.1, -0.05) is 17.9 Å². The molecular weight excluding hydrogens is 228 g/mol. The quantitative estimate of drug-likeness (QED) is 0.884. The molecule has 1 aromatic heterocycles. The smallest absolute Gasteiger partial charge is 0.318 e. The molecule has 1 saturated heterocycles. The molecule has 0 spiro atoms. The number of nitrogens with zero attached hydrogens (tertiary/aromatic N) is 3. The lowest BCUT2D eigenvalue weighted by molar-refractivity contribution is 0.234. The summed E-state index contributed by atoms with van der Waals surface area (Å²) in [6.07, 6.45) is 8.65. The van der Waals surface area contributed by atoms with Crippen molar-refractivity contribution in [2.24, 2.45) is 11.7 Å². The molecule has 0 amide bonds. The van der Waals surface area contributed by atoms with Crippen LogP contribution in [0.3, 0.4) is 0 Å². The molecular formula is C13H22N4O. The summed E-state index contributed by atoms with van der Waals surface area (Å²) in [5.41, 5.74) is 5.51. The Labute approximate surface area is 108 Å². The molecule has 2 heterocycles. The van der Waals surface area contributed by atoms with Gasteiger partial charge < -0.3 is 15.1 Å². The van der Waals surface area contributed by atoms with E-state index in [9.17, 15) is 0 Å². The largest absolute Gasteiger partial charge is 0.408 e. The average molecular weight is 250 g/mol. The highest BCUT2D eigenvalue weighted by molar-refractivity contribution is 5.28. The first-order valence-corrected chi connectivity index (χ1v) is 7.17. The summed E-state index contributed by atoms with van der Waals surface area (Å²) in [7, 11) is 0. The van der Waals surface area contributed by atoms with Crippen LogP contribution in [0.15, 0.2) is 4.42 Å². The maximum atomic E-state index is 5.74. The second-order valence-electron chi connectivity index (χ2n) is 5.46. The van der Waals surface area contributed by atoms with Crippen LogP contribution in [0, 0.1) is 5.92 Å². The second kappa shape index (κ2) is 5.26. The molecule has 5 nitrogen and oxygen atoms in total. The molecule has 5 heteroatoms. The summed E-state index contributed by atoms with van der Waals surface area (Å²) in [5.74, 6) is 1.50. The van der Waals surface area contributed by atoms with Crippen LogP contribution in [-0.2, 0) is 6.42 Å². The lowest BCUT2D eigenvalue weighted by atomic mass is 9.78. The van der Waals surface area contributed by atoms with E-state index in [4.69, 9.17) is 10.2 Å².